The van der Waals surface area contributed by atoms with Crippen molar-refractivity contribution in [3.05, 3.63) is 95.7 Å². The maximum absolute atomic E-state index is 11.9. The van der Waals surface area contributed by atoms with Gasteiger partial charge in [-0.2, -0.15) is 4.98 Å². The second-order valence-corrected chi connectivity index (χ2v) is 12.4. The molecule has 0 fully saturated rings. The fourth-order valence-corrected chi connectivity index (χ4v) is 5.04. The Labute approximate surface area is 247 Å². The summed E-state index contributed by atoms with van der Waals surface area (Å²) in [7, 11) is 0.799. The fourth-order valence-electron chi connectivity index (χ4n) is 4.38. The van der Waals surface area contributed by atoms with Crippen LogP contribution in [0, 0.1) is 6.92 Å². The number of sulfone groups is 1. The van der Waals surface area contributed by atoms with Crippen molar-refractivity contribution in [1.29, 1.82) is 0 Å². The maximum Gasteiger partial charge on any atom is 0.229 e. The van der Waals surface area contributed by atoms with Gasteiger partial charge >= 0.3 is 0 Å². The average Bonchev–Trinajstić information content (AvgIpc) is 3.26. The van der Waals surface area contributed by atoms with E-state index in [9.17, 15) is 8.42 Å². The van der Waals surface area contributed by atoms with Crippen LogP contribution in [0.2, 0.25) is 0 Å². The van der Waals surface area contributed by atoms with E-state index < -0.39 is 15.1 Å². The Morgan fingerprint density at radius 3 is 2.37 bits per heavy atom. The summed E-state index contributed by atoms with van der Waals surface area (Å²) in [5.41, 5.74) is 6.80. The van der Waals surface area contributed by atoms with Gasteiger partial charge in [0.2, 0.25) is 11.9 Å². The Hall–Kier alpha value is -4.15. The molecule has 5 aromatic rings. The minimum atomic E-state index is -3.16. The first-order valence-corrected chi connectivity index (χ1v) is 14.9. The van der Waals surface area contributed by atoms with E-state index in [1.807, 2.05) is 49.3 Å². The van der Waals surface area contributed by atoms with Gasteiger partial charge in [0.15, 0.2) is 9.84 Å². The number of aromatic nitrogens is 4. The molecule has 0 aliphatic rings. The van der Waals surface area contributed by atoms with Crippen LogP contribution in [0.3, 0.4) is 0 Å². The summed E-state index contributed by atoms with van der Waals surface area (Å²) in [5, 5.41) is 6.09. The Balaban J connectivity index is 0.00000387. The number of anilines is 5. The SMILES string of the molecule is Cc1ccc(CNc2nc3cc(N(C)c4ccnc(Nc5ccc(C(C)S(C)(=O)=O)cc5)n4)ccc3n2C)cc1.Cl. The lowest BCUT2D eigenvalue weighted by Gasteiger charge is -2.19. The van der Waals surface area contributed by atoms with Crippen molar-refractivity contribution in [1.82, 2.24) is 19.5 Å². The number of rotatable bonds is 9. The molecule has 0 amide bonds. The van der Waals surface area contributed by atoms with Gasteiger partial charge in [0.25, 0.3) is 0 Å². The van der Waals surface area contributed by atoms with Crippen LogP contribution in [0.1, 0.15) is 28.9 Å². The van der Waals surface area contributed by atoms with Crippen LogP contribution in [0.15, 0.2) is 79.0 Å². The van der Waals surface area contributed by atoms with Crippen LogP contribution >= 0.6 is 12.4 Å². The molecule has 3 aromatic carbocycles. The number of imidazole rings is 1. The number of halogens is 1. The lowest BCUT2D eigenvalue weighted by atomic mass is 10.1. The van der Waals surface area contributed by atoms with Crippen LogP contribution in [0.4, 0.5) is 29.1 Å². The number of aryl methyl sites for hydroxylation is 2. The molecule has 0 radical (unpaired) electrons. The lowest BCUT2D eigenvalue weighted by Crippen LogP contribution is -2.12. The zero-order valence-corrected chi connectivity index (χ0v) is 25.3. The van der Waals surface area contributed by atoms with E-state index in [0.29, 0.717) is 18.3 Å². The average molecular weight is 592 g/mol. The molecule has 1 unspecified atom stereocenters. The molecule has 0 saturated carbocycles. The third-order valence-electron chi connectivity index (χ3n) is 7.09. The van der Waals surface area contributed by atoms with Gasteiger partial charge in [-0.15, -0.1) is 12.4 Å². The normalized spacial score (nSPS) is 12.0. The van der Waals surface area contributed by atoms with Crippen molar-refractivity contribution in [3.63, 3.8) is 0 Å². The molecule has 0 spiro atoms. The molecule has 0 aliphatic carbocycles. The van der Waals surface area contributed by atoms with Gasteiger partial charge in [0, 0.05) is 44.5 Å². The summed E-state index contributed by atoms with van der Waals surface area (Å²) in [5.74, 6) is 1.96. The number of nitrogens with one attached hydrogen (secondary N) is 2. The molecule has 1 atom stereocenters. The van der Waals surface area contributed by atoms with Crippen LogP contribution < -0.4 is 15.5 Å². The van der Waals surface area contributed by atoms with E-state index in [2.05, 4.69) is 62.4 Å². The molecular formula is C30H34ClN7O2S. The lowest BCUT2D eigenvalue weighted by molar-refractivity contribution is 0.592. The van der Waals surface area contributed by atoms with Gasteiger partial charge in [0.1, 0.15) is 5.82 Å². The smallest absolute Gasteiger partial charge is 0.229 e. The van der Waals surface area contributed by atoms with Crippen molar-refractivity contribution in [2.24, 2.45) is 7.05 Å². The van der Waals surface area contributed by atoms with E-state index >= 15 is 0 Å². The summed E-state index contributed by atoms with van der Waals surface area (Å²) in [6.45, 7) is 4.46. The predicted molar refractivity (Wildman–Crippen MR) is 170 cm³/mol. The third-order valence-corrected chi connectivity index (χ3v) is 8.64. The molecule has 214 valence electrons. The van der Waals surface area contributed by atoms with Crippen LogP contribution in [0.25, 0.3) is 11.0 Å². The molecule has 0 saturated heterocycles. The van der Waals surface area contributed by atoms with Crippen molar-refractivity contribution in [2.45, 2.75) is 25.6 Å². The third kappa shape index (κ3) is 6.78. The highest BCUT2D eigenvalue weighted by Crippen LogP contribution is 2.28. The maximum atomic E-state index is 11.9. The summed E-state index contributed by atoms with van der Waals surface area (Å²) in [6.07, 6.45) is 2.95. The van der Waals surface area contributed by atoms with E-state index in [-0.39, 0.29) is 12.4 Å². The summed E-state index contributed by atoms with van der Waals surface area (Å²) in [6, 6.07) is 23.7. The monoisotopic (exact) mass is 591 g/mol. The standard InChI is InChI=1S/C30H33N7O2S.ClH/c1-20-6-8-22(9-7-20)19-32-30-34-26-18-25(14-15-27(26)37(30)4)36(3)28-16-17-31-29(35-28)33-24-12-10-23(11-13-24)21(2)40(5,38)39;/h6-18,21H,19H2,1-5H3,(H,32,34)(H,31,33,35);1H. The molecule has 2 heterocycles. The molecule has 2 N–H and O–H groups in total. The van der Waals surface area contributed by atoms with E-state index in [4.69, 9.17) is 4.98 Å². The first-order chi connectivity index (χ1) is 19.1. The first kappa shape index (κ1) is 29.8. The molecule has 11 heteroatoms. The molecule has 41 heavy (non-hydrogen) atoms. The quantitative estimate of drug-likeness (QED) is 0.205. The fraction of sp³-hybridized carbons (Fsp3) is 0.233. The zero-order valence-electron chi connectivity index (χ0n) is 23.7. The van der Waals surface area contributed by atoms with Gasteiger partial charge in [-0.25, -0.2) is 18.4 Å². The summed E-state index contributed by atoms with van der Waals surface area (Å²) in [4.78, 5) is 15.9. The van der Waals surface area contributed by atoms with Gasteiger partial charge in [-0.05, 0) is 61.4 Å². The highest BCUT2D eigenvalue weighted by atomic mass is 35.5. The Morgan fingerprint density at radius 1 is 0.976 bits per heavy atom. The Bertz CT molecular complexity index is 1750. The number of benzene rings is 3. The zero-order chi connectivity index (χ0) is 28.4. The van der Waals surface area contributed by atoms with Gasteiger partial charge < -0.3 is 20.1 Å². The number of fused-ring (bicyclic) bond motifs is 1. The molecule has 9 nitrogen and oxygen atoms in total. The molecule has 5 rings (SSSR count). The van der Waals surface area contributed by atoms with Gasteiger partial charge in [-0.3, -0.25) is 0 Å². The molecule has 0 bridgehead atoms. The van der Waals surface area contributed by atoms with E-state index in [1.165, 1.54) is 17.4 Å². The van der Waals surface area contributed by atoms with E-state index in [0.717, 1.165) is 33.9 Å². The Morgan fingerprint density at radius 2 is 1.68 bits per heavy atom. The van der Waals surface area contributed by atoms with Crippen molar-refractivity contribution in [2.75, 3.05) is 28.8 Å². The predicted octanol–water partition coefficient (Wildman–Crippen LogP) is 6.32. The minimum absolute atomic E-state index is 0. The van der Waals surface area contributed by atoms with Crippen LogP contribution in [-0.2, 0) is 23.4 Å². The summed E-state index contributed by atoms with van der Waals surface area (Å²) >= 11 is 0. The van der Waals surface area contributed by atoms with Crippen LogP contribution in [-0.4, -0.2) is 41.2 Å². The van der Waals surface area contributed by atoms with Crippen molar-refractivity contribution < 1.29 is 8.42 Å². The largest absolute Gasteiger partial charge is 0.352 e. The number of hydrogen-bond donors (Lipinski definition) is 2. The molecule has 0 aliphatic heterocycles. The second-order valence-electron chi connectivity index (χ2n) is 10.0. The highest BCUT2D eigenvalue weighted by molar-refractivity contribution is 7.90. The minimum Gasteiger partial charge on any atom is -0.352 e. The molecular weight excluding hydrogens is 558 g/mol. The summed E-state index contributed by atoms with van der Waals surface area (Å²) < 4.78 is 25.8. The molecule has 2 aromatic heterocycles. The highest BCUT2D eigenvalue weighted by Gasteiger charge is 2.17. The van der Waals surface area contributed by atoms with Crippen molar-refractivity contribution in [3.8, 4) is 0 Å². The van der Waals surface area contributed by atoms with Crippen LogP contribution in [0.5, 0.6) is 0 Å². The number of nitrogens with zero attached hydrogens (tertiary/aromatic N) is 5. The van der Waals surface area contributed by atoms with Gasteiger partial charge in [0.05, 0.1) is 16.3 Å². The van der Waals surface area contributed by atoms with E-state index in [1.54, 1.807) is 25.3 Å². The first-order valence-electron chi connectivity index (χ1n) is 13.0. The van der Waals surface area contributed by atoms with Crippen molar-refractivity contribution >= 4 is 62.4 Å². The van der Waals surface area contributed by atoms with Gasteiger partial charge in [-0.1, -0.05) is 42.0 Å². The topological polar surface area (TPSA) is 105 Å². The second kappa shape index (κ2) is 12.2. The number of hydrogen-bond acceptors (Lipinski definition) is 8. The Kier molecular flexibility index (Phi) is 8.84.